The molecule has 13 heteroatoms. The number of carbonyl (C=O) groups is 2. The fourth-order valence-corrected chi connectivity index (χ4v) is 3.75. The van der Waals surface area contributed by atoms with Crippen molar-refractivity contribution in [3.05, 3.63) is 11.8 Å². The molecule has 1 heterocycles. The predicted molar refractivity (Wildman–Crippen MR) is 106 cm³/mol. The van der Waals surface area contributed by atoms with Crippen LogP contribution >= 0.6 is 31.9 Å². The number of nitrogens with one attached hydrogen (secondary N) is 2. The molecule has 10 nitrogen and oxygen atoms in total. The number of halogens is 2. The Bertz CT molecular complexity index is 790. The van der Waals surface area contributed by atoms with Crippen LogP contribution in [0.2, 0.25) is 0 Å². The summed E-state index contributed by atoms with van der Waals surface area (Å²) in [6.45, 7) is 6.58. The highest BCUT2D eigenvalue weighted by Crippen LogP contribution is 2.19. The number of hydrogen-bond acceptors (Lipinski definition) is 8. The van der Waals surface area contributed by atoms with Crippen molar-refractivity contribution >= 4 is 59.8 Å². The summed E-state index contributed by atoms with van der Waals surface area (Å²) in [6, 6.07) is 0.416. The Hall–Kier alpha value is -1.47. The summed E-state index contributed by atoms with van der Waals surface area (Å²) >= 11 is 6.10. The summed E-state index contributed by atoms with van der Waals surface area (Å²) in [4.78, 5) is 31.1. The number of hydrogen-bond donors (Lipinski definition) is 2. The Morgan fingerprint density at radius 1 is 1.26 bits per heavy atom. The number of ether oxygens (including phenoxy) is 2. The Balaban J connectivity index is 2.85. The van der Waals surface area contributed by atoms with Crippen molar-refractivity contribution in [3.8, 4) is 5.88 Å². The highest BCUT2D eigenvalue weighted by molar-refractivity contribution is 9.13. The van der Waals surface area contributed by atoms with Gasteiger partial charge in [0.05, 0.1) is 6.61 Å². The summed E-state index contributed by atoms with van der Waals surface area (Å²) in [7, 11) is -3.98. The molecule has 1 aromatic heterocycles. The lowest BCUT2D eigenvalue weighted by Gasteiger charge is -2.15. The number of aryl methyl sites for hydroxylation is 1. The van der Waals surface area contributed by atoms with E-state index in [1.54, 1.807) is 20.8 Å². The number of carbonyl (C=O) groups excluding carboxylic acids is 2. The average molecular weight is 532 g/mol. The maximum atomic E-state index is 12.0. The van der Waals surface area contributed by atoms with Gasteiger partial charge in [-0.1, -0.05) is 38.8 Å². The maximum Gasteiger partial charge on any atom is 0.347 e. The minimum atomic E-state index is -3.98. The second kappa shape index (κ2) is 10.2. The summed E-state index contributed by atoms with van der Waals surface area (Å²) in [5.74, 6) is -0.736. The third-order valence-electron chi connectivity index (χ3n) is 2.86. The topological polar surface area (TPSA) is 137 Å². The number of alkyl halides is 2. The van der Waals surface area contributed by atoms with E-state index in [0.29, 0.717) is 5.69 Å². The van der Waals surface area contributed by atoms with Crippen LogP contribution in [0.4, 0.5) is 10.7 Å². The SMILES string of the molecule is CCOC(=O)C(C)Oc1cc(C)nc(NC(=O)NS(=O)(=O)C(Br)C(C)Br)n1. The summed E-state index contributed by atoms with van der Waals surface area (Å²) in [5, 5.41) is 2.22. The molecule has 0 saturated heterocycles. The van der Waals surface area contributed by atoms with Gasteiger partial charge in [0, 0.05) is 16.6 Å². The van der Waals surface area contributed by atoms with Crippen molar-refractivity contribution in [2.24, 2.45) is 0 Å². The lowest BCUT2D eigenvalue weighted by molar-refractivity contribution is -0.150. The van der Waals surface area contributed by atoms with Crippen LogP contribution in [0.3, 0.4) is 0 Å². The van der Waals surface area contributed by atoms with E-state index in [2.05, 4.69) is 47.1 Å². The standard InChI is InChI=1S/C14H20Br2N4O6S/c1-5-25-12(21)9(4)26-10-6-7(2)17-13(18-10)19-14(22)20-27(23,24)11(16)8(3)15/h6,8-9,11H,5H2,1-4H3,(H2,17,18,19,20,22). The van der Waals surface area contributed by atoms with E-state index in [1.165, 1.54) is 13.0 Å². The zero-order valence-electron chi connectivity index (χ0n) is 15.0. The first-order chi connectivity index (χ1) is 12.5. The van der Waals surface area contributed by atoms with Gasteiger partial charge in [-0.15, -0.1) is 0 Å². The molecule has 0 aliphatic rings. The third kappa shape index (κ3) is 7.58. The number of esters is 1. The molecule has 3 atom stereocenters. The Morgan fingerprint density at radius 2 is 1.89 bits per heavy atom. The summed E-state index contributed by atoms with van der Waals surface area (Å²) in [6.07, 6.45) is -0.920. The van der Waals surface area contributed by atoms with Gasteiger partial charge < -0.3 is 9.47 Å². The van der Waals surface area contributed by atoms with Gasteiger partial charge in [0.1, 0.15) is 4.16 Å². The molecular formula is C14H20Br2N4O6S. The van der Waals surface area contributed by atoms with Crippen molar-refractivity contribution in [2.75, 3.05) is 11.9 Å². The first kappa shape index (κ1) is 23.6. The van der Waals surface area contributed by atoms with Gasteiger partial charge >= 0.3 is 12.0 Å². The van der Waals surface area contributed by atoms with Crippen LogP contribution in [0.1, 0.15) is 26.5 Å². The van der Waals surface area contributed by atoms with Crippen LogP contribution in [-0.2, 0) is 19.6 Å². The van der Waals surface area contributed by atoms with Gasteiger partial charge in [0.2, 0.25) is 21.9 Å². The Kier molecular flexibility index (Phi) is 8.88. The van der Waals surface area contributed by atoms with Gasteiger partial charge in [0.15, 0.2) is 6.10 Å². The Labute approximate surface area is 174 Å². The monoisotopic (exact) mass is 530 g/mol. The highest BCUT2D eigenvalue weighted by Gasteiger charge is 2.29. The molecular weight excluding hydrogens is 512 g/mol. The number of sulfonamides is 1. The minimum Gasteiger partial charge on any atom is -0.463 e. The number of anilines is 1. The zero-order chi connectivity index (χ0) is 20.8. The van der Waals surface area contributed by atoms with Crippen LogP contribution in [0.5, 0.6) is 5.88 Å². The largest absolute Gasteiger partial charge is 0.463 e. The zero-order valence-corrected chi connectivity index (χ0v) is 19.0. The molecule has 3 unspecified atom stereocenters. The van der Waals surface area contributed by atoms with Crippen molar-refractivity contribution in [2.45, 2.75) is 42.8 Å². The van der Waals surface area contributed by atoms with Gasteiger partial charge in [-0.2, -0.15) is 4.98 Å². The lowest BCUT2D eigenvalue weighted by atomic mass is 10.4. The van der Waals surface area contributed by atoms with Crippen molar-refractivity contribution in [3.63, 3.8) is 0 Å². The highest BCUT2D eigenvalue weighted by atomic mass is 79.9. The van der Waals surface area contributed by atoms with Gasteiger partial charge in [0.25, 0.3) is 0 Å². The van der Waals surface area contributed by atoms with E-state index in [1.807, 2.05) is 4.72 Å². The number of nitrogens with zero attached hydrogens (tertiary/aromatic N) is 2. The molecule has 0 spiro atoms. The van der Waals surface area contributed by atoms with E-state index in [4.69, 9.17) is 9.47 Å². The lowest BCUT2D eigenvalue weighted by Crippen LogP contribution is -2.41. The summed E-state index contributed by atoms with van der Waals surface area (Å²) < 4.78 is 35.1. The minimum absolute atomic E-state index is 0.0219. The first-order valence-corrected chi connectivity index (χ1v) is 11.1. The fraction of sp³-hybridized carbons (Fsp3) is 0.571. The third-order valence-corrected chi connectivity index (χ3v) is 8.19. The molecule has 27 heavy (non-hydrogen) atoms. The first-order valence-electron chi connectivity index (χ1n) is 7.76. The number of rotatable bonds is 8. The molecule has 2 amide bonds. The maximum absolute atomic E-state index is 12.0. The molecule has 0 aliphatic heterocycles. The molecule has 152 valence electrons. The van der Waals surface area contributed by atoms with Gasteiger partial charge in [-0.05, 0) is 20.8 Å². The normalized spacial score (nSPS) is 14.6. The van der Waals surface area contributed by atoms with Crippen LogP contribution in [0.25, 0.3) is 0 Å². The fourth-order valence-electron chi connectivity index (χ4n) is 1.70. The van der Waals surface area contributed by atoms with E-state index >= 15 is 0 Å². The van der Waals surface area contributed by atoms with Crippen molar-refractivity contribution in [1.82, 2.24) is 14.7 Å². The number of aromatic nitrogens is 2. The molecule has 0 saturated carbocycles. The molecule has 0 radical (unpaired) electrons. The predicted octanol–water partition coefficient (Wildman–Crippen LogP) is 2.07. The smallest absolute Gasteiger partial charge is 0.347 e. The van der Waals surface area contributed by atoms with Crippen molar-refractivity contribution < 1.29 is 27.5 Å². The second-order valence-electron chi connectivity index (χ2n) is 5.31. The molecule has 0 bridgehead atoms. The molecule has 1 rings (SSSR count). The van der Waals surface area contributed by atoms with Crippen LogP contribution in [-0.4, -0.2) is 52.1 Å². The van der Waals surface area contributed by atoms with Crippen LogP contribution in [0, 0.1) is 6.92 Å². The second-order valence-corrected chi connectivity index (χ2v) is 10.2. The van der Waals surface area contributed by atoms with Gasteiger partial charge in [-0.3, -0.25) is 5.32 Å². The molecule has 0 fully saturated rings. The Morgan fingerprint density at radius 3 is 2.44 bits per heavy atom. The molecule has 1 aromatic rings. The number of amides is 2. The van der Waals surface area contributed by atoms with Gasteiger partial charge in [-0.25, -0.2) is 27.7 Å². The van der Waals surface area contributed by atoms with E-state index in [9.17, 15) is 18.0 Å². The van der Waals surface area contributed by atoms with E-state index in [-0.39, 0.29) is 18.4 Å². The summed E-state index contributed by atoms with van der Waals surface area (Å²) in [5.41, 5.74) is 0.432. The van der Waals surface area contributed by atoms with E-state index in [0.717, 1.165) is 0 Å². The van der Waals surface area contributed by atoms with E-state index < -0.39 is 37.1 Å². The quantitative estimate of drug-likeness (QED) is 0.384. The molecule has 0 aliphatic carbocycles. The molecule has 0 aromatic carbocycles. The van der Waals surface area contributed by atoms with Crippen molar-refractivity contribution in [1.29, 1.82) is 0 Å². The van der Waals surface area contributed by atoms with Crippen LogP contribution in [0.15, 0.2) is 6.07 Å². The number of urea groups is 1. The van der Waals surface area contributed by atoms with Crippen LogP contribution < -0.4 is 14.8 Å². The molecule has 2 N–H and O–H groups in total. The average Bonchev–Trinajstić information content (AvgIpc) is 2.52.